The molecule has 1 heterocycles. The lowest BCUT2D eigenvalue weighted by Gasteiger charge is -2.21. The molecule has 98 valence electrons. The van der Waals surface area contributed by atoms with E-state index in [4.69, 9.17) is 9.63 Å². The van der Waals surface area contributed by atoms with Crippen molar-refractivity contribution in [1.29, 1.82) is 0 Å². The zero-order valence-electron chi connectivity index (χ0n) is 10.5. The maximum atomic E-state index is 12.4. The van der Waals surface area contributed by atoms with Crippen LogP contribution in [0.5, 0.6) is 0 Å². The summed E-state index contributed by atoms with van der Waals surface area (Å²) in [6.07, 6.45) is 1.84. The molecule has 2 rings (SSSR count). The number of nitrogens with zero attached hydrogens (tertiary/aromatic N) is 2. The molecule has 1 aromatic rings. The minimum absolute atomic E-state index is 0.0361. The highest BCUT2D eigenvalue weighted by Gasteiger charge is 2.35. The first kappa shape index (κ1) is 12.6. The van der Waals surface area contributed by atoms with E-state index >= 15 is 0 Å². The molecule has 0 aliphatic heterocycles. The summed E-state index contributed by atoms with van der Waals surface area (Å²) >= 11 is 0. The van der Waals surface area contributed by atoms with Crippen molar-refractivity contribution in [1.82, 2.24) is 10.1 Å². The normalized spacial score (nSPS) is 14.6. The molecule has 1 aliphatic carbocycles. The minimum Gasteiger partial charge on any atom is -0.481 e. The summed E-state index contributed by atoms with van der Waals surface area (Å²) in [5.41, 5.74) is 1.02. The number of rotatable bonds is 5. The van der Waals surface area contributed by atoms with Crippen molar-refractivity contribution in [3.63, 3.8) is 0 Å². The molecular formula is C12H16N2O4. The topological polar surface area (TPSA) is 83.6 Å². The molecule has 0 bridgehead atoms. The fraction of sp³-hybridized carbons (Fsp3) is 0.583. The van der Waals surface area contributed by atoms with Crippen LogP contribution in [0.1, 0.15) is 41.1 Å². The van der Waals surface area contributed by atoms with Gasteiger partial charge in [0.2, 0.25) is 0 Å². The Kier molecular flexibility index (Phi) is 3.36. The summed E-state index contributed by atoms with van der Waals surface area (Å²) in [4.78, 5) is 24.6. The number of carbonyl (C=O) groups excluding carboxylic acids is 1. The molecule has 1 amide bonds. The zero-order chi connectivity index (χ0) is 13.3. The molecule has 1 aliphatic rings. The zero-order valence-corrected chi connectivity index (χ0v) is 10.5. The maximum Gasteiger partial charge on any atom is 0.305 e. The highest BCUT2D eigenvalue weighted by Crippen LogP contribution is 2.29. The van der Waals surface area contributed by atoms with Gasteiger partial charge < -0.3 is 14.5 Å². The van der Waals surface area contributed by atoms with Crippen LogP contribution < -0.4 is 0 Å². The third-order valence-corrected chi connectivity index (χ3v) is 3.06. The number of carbonyl (C=O) groups is 2. The molecule has 0 saturated heterocycles. The van der Waals surface area contributed by atoms with Gasteiger partial charge in [-0.05, 0) is 26.7 Å². The van der Waals surface area contributed by atoms with E-state index < -0.39 is 5.97 Å². The Bertz CT molecular complexity index is 457. The summed E-state index contributed by atoms with van der Waals surface area (Å²) in [5.74, 6) is -0.583. The lowest BCUT2D eigenvalue weighted by Crippen LogP contribution is -2.35. The quantitative estimate of drug-likeness (QED) is 0.855. The number of aliphatic carboxylic acids is 1. The van der Waals surface area contributed by atoms with Crippen LogP contribution in [0.25, 0.3) is 0 Å². The van der Waals surface area contributed by atoms with Gasteiger partial charge in [0, 0.05) is 12.6 Å². The molecule has 0 spiro atoms. The number of aryl methyl sites for hydroxylation is 2. The molecule has 1 aromatic heterocycles. The number of carboxylic acid groups (broad SMARTS) is 1. The first-order valence-corrected chi connectivity index (χ1v) is 5.96. The van der Waals surface area contributed by atoms with Gasteiger partial charge in [-0.2, -0.15) is 0 Å². The Morgan fingerprint density at radius 3 is 2.56 bits per heavy atom. The number of hydrogen-bond acceptors (Lipinski definition) is 4. The number of hydrogen-bond donors (Lipinski definition) is 1. The summed E-state index contributed by atoms with van der Waals surface area (Å²) in [7, 11) is 0. The molecule has 0 atom stereocenters. The van der Waals surface area contributed by atoms with Crippen LogP contribution in [0.4, 0.5) is 0 Å². The first-order chi connectivity index (χ1) is 8.50. The Balaban J connectivity index is 2.15. The number of amides is 1. The van der Waals surface area contributed by atoms with Gasteiger partial charge in [0.25, 0.3) is 5.91 Å². The monoisotopic (exact) mass is 252 g/mol. The minimum atomic E-state index is -0.896. The third-order valence-electron chi connectivity index (χ3n) is 3.06. The van der Waals surface area contributed by atoms with Crippen molar-refractivity contribution >= 4 is 11.9 Å². The summed E-state index contributed by atoms with van der Waals surface area (Å²) < 4.78 is 4.98. The first-order valence-electron chi connectivity index (χ1n) is 5.96. The second-order valence-electron chi connectivity index (χ2n) is 4.57. The van der Waals surface area contributed by atoms with E-state index in [0.29, 0.717) is 17.0 Å². The van der Waals surface area contributed by atoms with Crippen LogP contribution in [-0.4, -0.2) is 39.6 Å². The summed E-state index contributed by atoms with van der Waals surface area (Å²) in [5, 5.41) is 12.5. The van der Waals surface area contributed by atoms with Crippen molar-refractivity contribution in [2.75, 3.05) is 6.54 Å². The fourth-order valence-electron chi connectivity index (χ4n) is 1.98. The summed E-state index contributed by atoms with van der Waals surface area (Å²) in [6.45, 7) is 3.64. The predicted molar refractivity (Wildman–Crippen MR) is 62.3 cm³/mol. The SMILES string of the molecule is Cc1noc(C)c1C(=O)N(CCC(=O)O)C1CC1. The van der Waals surface area contributed by atoms with E-state index in [2.05, 4.69) is 5.16 Å². The van der Waals surface area contributed by atoms with Crippen LogP contribution >= 0.6 is 0 Å². The highest BCUT2D eigenvalue weighted by molar-refractivity contribution is 5.96. The van der Waals surface area contributed by atoms with Crippen molar-refractivity contribution in [2.24, 2.45) is 0 Å². The Hall–Kier alpha value is -1.85. The van der Waals surface area contributed by atoms with Gasteiger partial charge >= 0.3 is 5.97 Å². The van der Waals surface area contributed by atoms with Crippen molar-refractivity contribution in [3.05, 3.63) is 17.0 Å². The molecule has 18 heavy (non-hydrogen) atoms. The van der Waals surface area contributed by atoms with E-state index in [9.17, 15) is 9.59 Å². The molecule has 1 saturated carbocycles. The average Bonchev–Trinajstić information content (AvgIpc) is 3.06. The molecule has 1 fully saturated rings. The van der Waals surface area contributed by atoms with Gasteiger partial charge in [-0.15, -0.1) is 0 Å². The Labute approximate surface area is 105 Å². The largest absolute Gasteiger partial charge is 0.481 e. The van der Waals surface area contributed by atoms with Crippen molar-refractivity contribution in [2.45, 2.75) is 39.2 Å². The third kappa shape index (κ3) is 2.52. The number of aromatic nitrogens is 1. The average molecular weight is 252 g/mol. The predicted octanol–water partition coefficient (Wildman–Crippen LogP) is 1.37. The van der Waals surface area contributed by atoms with Gasteiger partial charge in [0.1, 0.15) is 11.3 Å². The van der Waals surface area contributed by atoms with Gasteiger partial charge in [-0.3, -0.25) is 9.59 Å². The molecule has 1 N–H and O–H groups in total. The highest BCUT2D eigenvalue weighted by atomic mass is 16.5. The number of carboxylic acids is 1. The van der Waals surface area contributed by atoms with Crippen LogP contribution in [0.3, 0.4) is 0 Å². The molecular weight excluding hydrogens is 236 g/mol. The van der Waals surface area contributed by atoms with Crippen LogP contribution in [0.15, 0.2) is 4.52 Å². The second-order valence-corrected chi connectivity index (χ2v) is 4.57. The van der Waals surface area contributed by atoms with Crippen molar-refractivity contribution in [3.8, 4) is 0 Å². The van der Waals surface area contributed by atoms with Crippen LogP contribution in [0.2, 0.25) is 0 Å². The second kappa shape index (κ2) is 4.80. The van der Waals surface area contributed by atoms with Crippen LogP contribution in [0, 0.1) is 13.8 Å². The van der Waals surface area contributed by atoms with E-state index in [1.165, 1.54) is 0 Å². The van der Waals surface area contributed by atoms with Gasteiger partial charge in [0.15, 0.2) is 0 Å². The standard InChI is InChI=1S/C12H16N2O4/c1-7-11(8(2)18-13-7)12(17)14(9-3-4-9)6-5-10(15)16/h9H,3-6H2,1-2H3,(H,15,16). The van der Waals surface area contributed by atoms with E-state index in [1.54, 1.807) is 18.7 Å². The smallest absolute Gasteiger partial charge is 0.305 e. The van der Waals surface area contributed by atoms with Gasteiger partial charge in [-0.1, -0.05) is 5.16 Å². The van der Waals surface area contributed by atoms with Crippen LogP contribution in [-0.2, 0) is 4.79 Å². The van der Waals surface area contributed by atoms with Gasteiger partial charge in [-0.25, -0.2) is 0 Å². The van der Waals surface area contributed by atoms with Crippen molar-refractivity contribution < 1.29 is 19.2 Å². The molecule has 0 unspecified atom stereocenters. The molecule has 0 radical (unpaired) electrons. The molecule has 6 nitrogen and oxygen atoms in total. The lowest BCUT2D eigenvalue weighted by atomic mass is 10.1. The van der Waals surface area contributed by atoms with E-state index in [-0.39, 0.29) is 24.9 Å². The fourth-order valence-corrected chi connectivity index (χ4v) is 1.98. The van der Waals surface area contributed by atoms with Gasteiger partial charge in [0.05, 0.1) is 12.1 Å². The molecule has 6 heteroatoms. The Morgan fingerprint density at radius 2 is 2.11 bits per heavy atom. The summed E-state index contributed by atoms with van der Waals surface area (Å²) in [6, 6.07) is 0.172. The molecule has 0 aromatic carbocycles. The van der Waals surface area contributed by atoms with E-state index in [0.717, 1.165) is 12.8 Å². The maximum absolute atomic E-state index is 12.4. The lowest BCUT2D eigenvalue weighted by molar-refractivity contribution is -0.137. The van der Waals surface area contributed by atoms with E-state index in [1.807, 2.05) is 0 Å². The Morgan fingerprint density at radius 1 is 1.44 bits per heavy atom.